The van der Waals surface area contributed by atoms with Crippen molar-refractivity contribution in [3.05, 3.63) is 72.6 Å². The van der Waals surface area contributed by atoms with E-state index in [4.69, 9.17) is 9.72 Å². The third-order valence-electron chi connectivity index (χ3n) is 11.9. The van der Waals surface area contributed by atoms with Gasteiger partial charge >= 0.3 is 12.2 Å². The molecule has 0 unspecified atom stereocenters. The molecule has 4 heterocycles. The molecule has 14 nitrogen and oxygen atoms in total. The van der Waals surface area contributed by atoms with Crippen molar-refractivity contribution in [3.63, 3.8) is 0 Å². The summed E-state index contributed by atoms with van der Waals surface area (Å²) in [5.41, 5.74) is 5.77. The van der Waals surface area contributed by atoms with Crippen LogP contribution in [0, 0.1) is 23.7 Å². The Morgan fingerprint density at radius 3 is 1.45 bits per heavy atom. The van der Waals surface area contributed by atoms with Crippen molar-refractivity contribution in [2.24, 2.45) is 23.7 Å². The number of amides is 4. The highest BCUT2D eigenvalue weighted by Crippen LogP contribution is 2.54. The summed E-state index contributed by atoms with van der Waals surface area (Å²) in [6, 6.07) is 14.9. The Hall–Kier alpha value is -5.66. The molecule has 4 aromatic rings. The van der Waals surface area contributed by atoms with Crippen LogP contribution < -0.4 is 10.6 Å². The first-order valence-electron chi connectivity index (χ1n) is 19.2. The summed E-state index contributed by atoms with van der Waals surface area (Å²) in [7, 11) is 1.30. The number of H-pyrrole nitrogens is 2. The maximum absolute atomic E-state index is 13.8. The molecule has 4 fully saturated rings. The number of ether oxygens (including phenoxy) is 1. The number of likely N-dealkylation sites (tertiary alicyclic amines) is 2. The van der Waals surface area contributed by atoms with Gasteiger partial charge in [-0.1, -0.05) is 76.2 Å². The first-order chi connectivity index (χ1) is 26.4. The lowest BCUT2D eigenvalue weighted by Gasteiger charge is -2.31. The first-order valence-corrected chi connectivity index (χ1v) is 19.2. The Bertz CT molecular complexity index is 2090. The lowest BCUT2D eigenvalue weighted by Crippen LogP contribution is -2.52. The molecule has 8 rings (SSSR count). The molecule has 2 saturated carbocycles. The number of carboxylic acid groups (broad SMARTS) is 1. The Kier molecular flexibility index (Phi) is 9.38. The van der Waals surface area contributed by atoms with Crippen LogP contribution in [0.4, 0.5) is 9.59 Å². The zero-order chi connectivity index (χ0) is 38.7. The number of hydrogen-bond acceptors (Lipinski definition) is 7. The van der Waals surface area contributed by atoms with Gasteiger partial charge in [-0.15, -0.1) is 0 Å². The van der Waals surface area contributed by atoms with Crippen molar-refractivity contribution in [2.75, 3.05) is 7.11 Å². The van der Waals surface area contributed by atoms with Crippen LogP contribution in [0.1, 0.15) is 77.1 Å². The molecule has 0 radical (unpaired) electrons. The standard InChI is InChI=1S/C41H48N8O6/c1-20(2)34(46-40(52)53)38(50)48-30-14-26(30)16-32(48)36-42-18-28(44-36)24-10-6-22(7-11-24)23-8-12-25(13-9-23)29-19-43-37(45-29)33-17-27-15-31(27)49(33)39(51)35(21(3)4)47-41(54)55-5/h6-13,18-21,26-27,30-35,46H,14-17H2,1-5H3,(H,42,44)(H,43,45)(H,47,54)(H,52,53)/t26-,27+,30-,31-,32-,33-,34-,35-/m0/s1. The highest BCUT2D eigenvalue weighted by molar-refractivity contribution is 5.88. The average molecular weight is 749 g/mol. The number of alkyl carbamates (subject to hydrolysis) is 1. The molecular formula is C41H48N8O6. The van der Waals surface area contributed by atoms with Gasteiger partial charge in [0.05, 0.1) is 43.0 Å². The monoisotopic (exact) mass is 748 g/mol. The number of carbonyl (C=O) groups is 4. The molecule has 14 heteroatoms. The molecule has 2 aromatic heterocycles. The van der Waals surface area contributed by atoms with Crippen LogP contribution in [0.3, 0.4) is 0 Å². The number of fused-ring (bicyclic) bond motifs is 2. The summed E-state index contributed by atoms with van der Waals surface area (Å²) in [6.45, 7) is 7.53. The minimum Gasteiger partial charge on any atom is -0.465 e. The van der Waals surface area contributed by atoms with Gasteiger partial charge < -0.3 is 40.2 Å². The van der Waals surface area contributed by atoms with E-state index >= 15 is 0 Å². The number of piperidine rings is 2. The van der Waals surface area contributed by atoms with Crippen LogP contribution in [0.15, 0.2) is 60.9 Å². The number of aromatic nitrogens is 4. The fraction of sp³-hybridized carbons (Fsp3) is 0.463. The van der Waals surface area contributed by atoms with Gasteiger partial charge in [0.15, 0.2) is 0 Å². The van der Waals surface area contributed by atoms with Crippen LogP contribution in [0.25, 0.3) is 33.6 Å². The van der Waals surface area contributed by atoms with Gasteiger partial charge in [-0.3, -0.25) is 9.59 Å². The van der Waals surface area contributed by atoms with E-state index < -0.39 is 24.3 Å². The number of hydrogen-bond donors (Lipinski definition) is 5. The van der Waals surface area contributed by atoms with Crippen LogP contribution in [0.5, 0.6) is 0 Å². The van der Waals surface area contributed by atoms with Gasteiger partial charge in [0.2, 0.25) is 11.8 Å². The predicted molar refractivity (Wildman–Crippen MR) is 203 cm³/mol. The number of aromatic amines is 2. The maximum atomic E-state index is 13.8. The number of methoxy groups -OCH3 is 1. The summed E-state index contributed by atoms with van der Waals surface area (Å²) in [4.78, 5) is 70.9. The van der Waals surface area contributed by atoms with E-state index in [-0.39, 0.29) is 47.8 Å². The normalized spacial score (nSPS) is 24.6. The van der Waals surface area contributed by atoms with E-state index in [9.17, 15) is 24.3 Å². The summed E-state index contributed by atoms with van der Waals surface area (Å²) < 4.78 is 4.79. The van der Waals surface area contributed by atoms with E-state index in [2.05, 4.69) is 62.0 Å². The lowest BCUT2D eigenvalue weighted by atomic mass is 10.0. The summed E-state index contributed by atoms with van der Waals surface area (Å²) in [5.74, 6) is 1.75. The Balaban J connectivity index is 0.933. The Morgan fingerprint density at radius 1 is 0.673 bits per heavy atom. The number of nitrogens with one attached hydrogen (secondary N) is 4. The van der Waals surface area contributed by atoms with E-state index in [1.54, 1.807) is 6.20 Å². The van der Waals surface area contributed by atoms with Crippen molar-refractivity contribution in [1.82, 2.24) is 40.4 Å². The van der Waals surface area contributed by atoms with Gasteiger partial charge in [0.1, 0.15) is 23.7 Å². The number of imidazole rings is 2. The minimum atomic E-state index is -1.20. The molecule has 2 aliphatic heterocycles. The van der Waals surface area contributed by atoms with Crippen molar-refractivity contribution in [1.29, 1.82) is 0 Å². The van der Waals surface area contributed by atoms with Gasteiger partial charge in [-0.25, -0.2) is 19.6 Å². The molecular weight excluding hydrogens is 701 g/mol. The SMILES string of the molecule is COC(=O)N[C@H](C(=O)N1[C@H](c2ncc(-c3ccc(-c4ccc(-c5cnc([C@@H]6C[C@@H]7C[C@@H]7N6C(=O)[C@@H](NC(=O)O)C(C)C)[nH]5)cc4)cc3)[nH]2)C[C@H]2C[C@@H]21)C(C)C. The predicted octanol–water partition coefficient (Wildman–Crippen LogP) is 6.13. The fourth-order valence-corrected chi connectivity index (χ4v) is 8.69. The highest BCUT2D eigenvalue weighted by Gasteiger charge is 2.57. The lowest BCUT2D eigenvalue weighted by molar-refractivity contribution is -0.137. The molecule has 288 valence electrons. The van der Waals surface area contributed by atoms with E-state index in [0.29, 0.717) is 11.8 Å². The largest absolute Gasteiger partial charge is 0.465 e. The van der Waals surface area contributed by atoms with Crippen LogP contribution in [-0.4, -0.2) is 90.1 Å². The fourth-order valence-electron chi connectivity index (χ4n) is 8.69. The molecule has 4 amide bonds. The smallest absolute Gasteiger partial charge is 0.407 e. The number of benzene rings is 2. The Labute approximate surface area is 319 Å². The van der Waals surface area contributed by atoms with Gasteiger partial charge in [0, 0.05) is 12.1 Å². The van der Waals surface area contributed by atoms with Gasteiger partial charge in [-0.2, -0.15) is 0 Å². The minimum absolute atomic E-state index is 0.0999. The molecule has 2 aromatic carbocycles. The summed E-state index contributed by atoms with van der Waals surface area (Å²) in [6.07, 6.45) is 5.36. The number of rotatable bonds is 11. The maximum Gasteiger partial charge on any atom is 0.407 e. The number of carbonyl (C=O) groups excluding carboxylic acids is 3. The molecule has 2 saturated heterocycles. The van der Waals surface area contributed by atoms with Gasteiger partial charge in [0.25, 0.3) is 0 Å². The second kappa shape index (κ2) is 14.2. The molecule has 0 bridgehead atoms. The Morgan fingerprint density at radius 2 is 1.07 bits per heavy atom. The topological polar surface area (TPSA) is 186 Å². The molecule has 2 aliphatic carbocycles. The second-order valence-electron chi connectivity index (χ2n) is 16.2. The second-order valence-corrected chi connectivity index (χ2v) is 16.2. The highest BCUT2D eigenvalue weighted by atomic mass is 16.5. The molecule has 8 atom stereocenters. The van der Waals surface area contributed by atoms with Gasteiger partial charge in [-0.05, 0) is 71.6 Å². The zero-order valence-electron chi connectivity index (χ0n) is 31.7. The van der Waals surface area contributed by atoms with Crippen molar-refractivity contribution < 1.29 is 29.0 Å². The van der Waals surface area contributed by atoms with Crippen molar-refractivity contribution >= 4 is 24.0 Å². The molecule has 4 aliphatic rings. The van der Waals surface area contributed by atoms with Crippen LogP contribution >= 0.6 is 0 Å². The third-order valence-corrected chi connectivity index (χ3v) is 11.9. The quantitative estimate of drug-likeness (QED) is 0.121. The van der Waals surface area contributed by atoms with Crippen molar-refractivity contribution in [3.8, 4) is 33.6 Å². The van der Waals surface area contributed by atoms with E-state index in [1.165, 1.54) is 7.11 Å². The van der Waals surface area contributed by atoms with E-state index in [1.807, 2.05) is 55.8 Å². The molecule has 0 spiro atoms. The summed E-state index contributed by atoms with van der Waals surface area (Å²) in [5, 5.41) is 14.5. The number of nitrogens with zero attached hydrogens (tertiary/aromatic N) is 4. The third kappa shape index (κ3) is 6.94. The first kappa shape index (κ1) is 36.3. The van der Waals surface area contributed by atoms with E-state index in [0.717, 1.165) is 71.0 Å². The van der Waals surface area contributed by atoms with Crippen molar-refractivity contribution in [2.45, 2.75) is 89.6 Å². The molecule has 5 N–H and O–H groups in total. The summed E-state index contributed by atoms with van der Waals surface area (Å²) >= 11 is 0. The van der Waals surface area contributed by atoms with Crippen LogP contribution in [-0.2, 0) is 14.3 Å². The zero-order valence-corrected chi connectivity index (χ0v) is 31.7. The average Bonchev–Trinajstić information content (AvgIpc) is 3.76. The molecule has 55 heavy (non-hydrogen) atoms. The van der Waals surface area contributed by atoms with Crippen LogP contribution in [0.2, 0.25) is 0 Å².